The molecule has 0 radical (unpaired) electrons. The van der Waals surface area contributed by atoms with Crippen molar-refractivity contribution in [2.24, 2.45) is 5.41 Å². The summed E-state index contributed by atoms with van der Waals surface area (Å²) in [6, 6.07) is 3.35. The SMILES string of the molecule is CSCc1ccc(C(=O)NC(C)(C)C(C)(C)C(=O)O)o1. The summed E-state index contributed by atoms with van der Waals surface area (Å²) in [6.45, 7) is 6.53. The first-order chi connectivity index (χ1) is 9.11. The number of hydrogen-bond acceptors (Lipinski definition) is 4. The molecule has 0 aromatic carbocycles. The lowest BCUT2D eigenvalue weighted by Gasteiger charge is -2.38. The average Bonchev–Trinajstić information content (AvgIpc) is 2.77. The second kappa shape index (κ2) is 5.91. The van der Waals surface area contributed by atoms with Gasteiger partial charge in [0.2, 0.25) is 0 Å². The van der Waals surface area contributed by atoms with Crippen molar-refractivity contribution in [1.82, 2.24) is 5.32 Å². The van der Waals surface area contributed by atoms with Crippen molar-refractivity contribution in [1.29, 1.82) is 0 Å². The van der Waals surface area contributed by atoms with Gasteiger partial charge >= 0.3 is 5.97 Å². The van der Waals surface area contributed by atoms with Gasteiger partial charge in [-0.3, -0.25) is 9.59 Å². The summed E-state index contributed by atoms with van der Waals surface area (Å²) in [7, 11) is 0. The number of amides is 1. The molecule has 1 heterocycles. The van der Waals surface area contributed by atoms with E-state index in [0.717, 1.165) is 5.76 Å². The lowest BCUT2D eigenvalue weighted by atomic mass is 9.74. The van der Waals surface area contributed by atoms with Crippen molar-refractivity contribution < 1.29 is 19.1 Å². The fourth-order valence-electron chi connectivity index (χ4n) is 1.49. The Morgan fingerprint density at radius 2 is 1.90 bits per heavy atom. The summed E-state index contributed by atoms with van der Waals surface area (Å²) in [5, 5.41) is 12.0. The molecule has 0 atom stereocenters. The Hall–Kier alpha value is -1.43. The number of carbonyl (C=O) groups is 2. The zero-order valence-electron chi connectivity index (χ0n) is 12.4. The lowest BCUT2D eigenvalue weighted by Crippen LogP contribution is -2.56. The second-order valence-corrected chi connectivity index (χ2v) is 6.57. The van der Waals surface area contributed by atoms with E-state index in [1.54, 1.807) is 51.6 Å². The van der Waals surface area contributed by atoms with Gasteiger partial charge in [-0.1, -0.05) is 0 Å². The number of nitrogens with one attached hydrogen (secondary N) is 1. The van der Waals surface area contributed by atoms with Gasteiger partial charge in [-0.2, -0.15) is 11.8 Å². The Labute approximate surface area is 123 Å². The third kappa shape index (κ3) is 3.36. The minimum atomic E-state index is -1.10. The number of furan rings is 1. The van der Waals surface area contributed by atoms with Crippen LogP contribution < -0.4 is 5.32 Å². The number of carbonyl (C=O) groups excluding carboxylic acids is 1. The zero-order chi connectivity index (χ0) is 15.6. The topological polar surface area (TPSA) is 79.5 Å². The monoisotopic (exact) mass is 299 g/mol. The van der Waals surface area contributed by atoms with E-state index in [0.29, 0.717) is 5.75 Å². The van der Waals surface area contributed by atoms with E-state index in [4.69, 9.17) is 4.42 Å². The molecule has 1 aromatic heterocycles. The summed E-state index contributed by atoms with van der Waals surface area (Å²) < 4.78 is 5.42. The van der Waals surface area contributed by atoms with E-state index in [1.807, 2.05) is 6.26 Å². The van der Waals surface area contributed by atoms with Crippen LogP contribution in [0.4, 0.5) is 0 Å². The van der Waals surface area contributed by atoms with Crippen molar-refractivity contribution in [3.8, 4) is 0 Å². The maximum Gasteiger partial charge on any atom is 0.311 e. The van der Waals surface area contributed by atoms with Gasteiger partial charge in [-0.15, -0.1) is 0 Å². The van der Waals surface area contributed by atoms with Crippen LogP contribution in [0.5, 0.6) is 0 Å². The first kappa shape index (κ1) is 16.6. The van der Waals surface area contributed by atoms with Crippen LogP contribution in [-0.4, -0.2) is 28.8 Å². The van der Waals surface area contributed by atoms with Gasteiger partial charge in [0.1, 0.15) is 5.76 Å². The van der Waals surface area contributed by atoms with Crippen LogP contribution in [-0.2, 0) is 10.5 Å². The Morgan fingerprint density at radius 1 is 1.30 bits per heavy atom. The van der Waals surface area contributed by atoms with Gasteiger partial charge in [0, 0.05) is 0 Å². The van der Waals surface area contributed by atoms with Crippen LogP contribution in [0.25, 0.3) is 0 Å². The molecule has 0 unspecified atom stereocenters. The predicted molar refractivity (Wildman–Crippen MR) is 78.9 cm³/mol. The molecule has 5 nitrogen and oxygen atoms in total. The normalized spacial score (nSPS) is 12.2. The minimum absolute atomic E-state index is 0.198. The van der Waals surface area contributed by atoms with Crippen molar-refractivity contribution in [3.05, 3.63) is 23.7 Å². The lowest BCUT2D eigenvalue weighted by molar-refractivity contribution is -0.150. The summed E-state index contributed by atoms with van der Waals surface area (Å²) >= 11 is 1.60. The molecule has 0 aliphatic heterocycles. The Balaban J connectivity index is 2.86. The molecule has 0 aliphatic rings. The van der Waals surface area contributed by atoms with Crippen LogP contribution in [0.3, 0.4) is 0 Å². The maximum absolute atomic E-state index is 12.1. The largest absolute Gasteiger partial charge is 0.481 e. The molecule has 0 bridgehead atoms. The zero-order valence-corrected chi connectivity index (χ0v) is 13.3. The third-order valence-electron chi connectivity index (χ3n) is 3.70. The van der Waals surface area contributed by atoms with E-state index in [-0.39, 0.29) is 5.76 Å². The van der Waals surface area contributed by atoms with Gasteiger partial charge in [-0.25, -0.2) is 0 Å². The number of aliphatic carboxylic acids is 1. The van der Waals surface area contributed by atoms with E-state index in [2.05, 4.69) is 5.32 Å². The van der Waals surface area contributed by atoms with Crippen LogP contribution in [0.2, 0.25) is 0 Å². The maximum atomic E-state index is 12.1. The molecular weight excluding hydrogens is 278 g/mol. The number of carboxylic acids is 1. The van der Waals surface area contributed by atoms with Gasteiger partial charge in [0.05, 0.1) is 16.7 Å². The van der Waals surface area contributed by atoms with Gasteiger partial charge in [0.25, 0.3) is 5.91 Å². The first-order valence-electron chi connectivity index (χ1n) is 6.25. The average molecular weight is 299 g/mol. The Kier molecular flexibility index (Phi) is 4.91. The molecule has 2 N–H and O–H groups in total. The molecule has 1 rings (SSSR count). The van der Waals surface area contributed by atoms with E-state index in [9.17, 15) is 14.7 Å². The number of hydrogen-bond donors (Lipinski definition) is 2. The molecule has 6 heteroatoms. The second-order valence-electron chi connectivity index (χ2n) is 5.71. The van der Waals surface area contributed by atoms with Crippen LogP contribution >= 0.6 is 11.8 Å². The quantitative estimate of drug-likeness (QED) is 0.844. The first-order valence-corrected chi connectivity index (χ1v) is 7.65. The minimum Gasteiger partial charge on any atom is -0.481 e. The summed E-state index contributed by atoms with van der Waals surface area (Å²) in [4.78, 5) is 23.4. The highest BCUT2D eigenvalue weighted by molar-refractivity contribution is 7.97. The van der Waals surface area contributed by atoms with E-state index >= 15 is 0 Å². The highest BCUT2D eigenvalue weighted by Crippen LogP contribution is 2.31. The summed E-state index contributed by atoms with van der Waals surface area (Å²) in [6.07, 6.45) is 1.95. The molecule has 1 aromatic rings. The predicted octanol–water partition coefficient (Wildman–Crippen LogP) is 2.76. The Bertz CT molecular complexity index is 505. The third-order valence-corrected chi connectivity index (χ3v) is 4.27. The van der Waals surface area contributed by atoms with Crippen LogP contribution in [0, 0.1) is 5.41 Å². The molecular formula is C14H21NO4S. The molecule has 0 fully saturated rings. The van der Waals surface area contributed by atoms with E-state index in [1.165, 1.54) is 0 Å². The fraction of sp³-hybridized carbons (Fsp3) is 0.571. The number of rotatable bonds is 6. The summed E-state index contributed by atoms with van der Waals surface area (Å²) in [5.41, 5.74) is -2.01. The molecule has 112 valence electrons. The van der Waals surface area contributed by atoms with Crippen LogP contribution in [0.15, 0.2) is 16.5 Å². The Morgan fingerprint density at radius 3 is 2.40 bits per heavy atom. The van der Waals surface area contributed by atoms with Gasteiger partial charge in [-0.05, 0) is 46.1 Å². The fourth-order valence-corrected chi connectivity index (χ4v) is 1.93. The number of thioether (sulfide) groups is 1. The van der Waals surface area contributed by atoms with E-state index < -0.39 is 22.8 Å². The highest BCUT2D eigenvalue weighted by atomic mass is 32.2. The van der Waals surface area contributed by atoms with Crippen LogP contribution in [0.1, 0.15) is 44.0 Å². The molecule has 0 spiro atoms. The smallest absolute Gasteiger partial charge is 0.311 e. The highest BCUT2D eigenvalue weighted by Gasteiger charge is 2.44. The molecule has 0 aliphatic carbocycles. The summed E-state index contributed by atoms with van der Waals surface area (Å²) in [5.74, 6) is 0.236. The molecule has 0 saturated carbocycles. The number of carboxylic acid groups (broad SMARTS) is 1. The van der Waals surface area contributed by atoms with Gasteiger partial charge in [0.15, 0.2) is 5.76 Å². The van der Waals surface area contributed by atoms with Gasteiger partial charge < -0.3 is 14.8 Å². The van der Waals surface area contributed by atoms with Crippen molar-refractivity contribution in [2.75, 3.05) is 6.26 Å². The van der Waals surface area contributed by atoms with Crippen molar-refractivity contribution in [3.63, 3.8) is 0 Å². The van der Waals surface area contributed by atoms with Crippen molar-refractivity contribution >= 4 is 23.6 Å². The standard InChI is InChI=1S/C14H21NO4S/c1-13(2,12(17)18)14(3,4)15-11(16)10-7-6-9(19-10)8-20-5/h6-7H,8H2,1-5H3,(H,15,16)(H,17,18). The molecule has 0 saturated heterocycles. The molecule has 20 heavy (non-hydrogen) atoms. The van der Waals surface area contributed by atoms with Crippen molar-refractivity contribution in [2.45, 2.75) is 39.0 Å². The molecule has 1 amide bonds.